The van der Waals surface area contributed by atoms with Gasteiger partial charge in [-0.1, -0.05) is 12.1 Å². The molecule has 6 rings (SSSR count). The molecule has 1 aliphatic carbocycles. The number of imidazole rings is 1. The maximum Gasteiger partial charge on any atom is 0.270 e. The first kappa shape index (κ1) is 22.9. The number of hydrazine groups is 2. The van der Waals surface area contributed by atoms with Crippen LogP contribution in [0, 0.1) is 5.82 Å². The zero-order valence-electron chi connectivity index (χ0n) is 20.1. The number of benzene rings is 1. The van der Waals surface area contributed by atoms with Crippen molar-refractivity contribution in [3.8, 4) is 16.9 Å². The summed E-state index contributed by atoms with van der Waals surface area (Å²) >= 11 is 0. The maximum atomic E-state index is 15.1. The van der Waals surface area contributed by atoms with Crippen LogP contribution in [0.3, 0.4) is 0 Å². The molecule has 10 nitrogen and oxygen atoms in total. The van der Waals surface area contributed by atoms with Crippen molar-refractivity contribution in [2.24, 2.45) is 0 Å². The van der Waals surface area contributed by atoms with Crippen LogP contribution in [-0.4, -0.2) is 37.6 Å². The van der Waals surface area contributed by atoms with Gasteiger partial charge in [0.15, 0.2) is 11.6 Å². The second-order valence-electron chi connectivity index (χ2n) is 9.06. The smallest absolute Gasteiger partial charge is 0.270 e. The summed E-state index contributed by atoms with van der Waals surface area (Å²) in [5.74, 6) is -0.161. The van der Waals surface area contributed by atoms with E-state index in [0.717, 1.165) is 11.3 Å². The van der Waals surface area contributed by atoms with Gasteiger partial charge in [0.05, 0.1) is 31.7 Å². The van der Waals surface area contributed by atoms with E-state index in [-0.39, 0.29) is 18.2 Å². The van der Waals surface area contributed by atoms with Gasteiger partial charge < -0.3 is 14.5 Å². The quantitative estimate of drug-likeness (QED) is 0.339. The van der Waals surface area contributed by atoms with Crippen LogP contribution in [0.2, 0.25) is 0 Å². The van der Waals surface area contributed by atoms with Gasteiger partial charge in [0.2, 0.25) is 0 Å². The maximum absolute atomic E-state index is 15.1. The molecule has 11 heteroatoms. The number of ether oxygens (including phenoxy) is 1. The number of carbonyl (C=O) groups excluding carboxylic acids is 1. The molecule has 0 unspecified atom stereocenters. The molecular formula is C26H25FN8O2. The summed E-state index contributed by atoms with van der Waals surface area (Å²) in [6.45, 7) is 0.405. The van der Waals surface area contributed by atoms with Crippen molar-refractivity contribution in [2.75, 3.05) is 7.11 Å². The molecule has 0 spiro atoms. The van der Waals surface area contributed by atoms with E-state index in [0.29, 0.717) is 34.9 Å². The summed E-state index contributed by atoms with van der Waals surface area (Å²) in [4.78, 5) is 17.5. The number of amides is 1. The average molecular weight is 501 g/mol. The van der Waals surface area contributed by atoms with Gasteiger partial charge in [0.25, 0.3) is 5.91 Å². The third-order valence-electron chi connectivity index (χ3n) is 6.52. The normalized spacial score (nSPS) is 15.0. The minimum atomic E-state index is -0.540. The van der Waals surface area contributed by atoms with Crippen molar-refractivity contribution < 1.29 is 13.9 Å². The fourth-order valence-corrected chi connectivity index (χ4v) is 4.44. The third-order valence-corrected chi connectivity index (χ3v) is 6.52. The Morgan fingerprint density at radius 1 is 1.19 bits per heavy atom. The molecule has 4 heterocycles. The van der Waals surface area contributed by atoms with E-state index < -0.39 is 5.82 Å². The van der Waals surface area contributed by atoms with Crippen LogP contribution in [0.1, 0.15) is 35.6 Å². The Bertz CT molecular complexity index is 1500. The highest BCUT2D eigenvalue weighted by Crippen LogP contribution is 2.39. The highest BCUT2D eigenvalue weighted by Gasteiger charge is 2.24. The highest BCUT2D eigenvalue weighted by molar-refractivity contribution is 5.93. The third kappa shape index (κ3) is 4.68. The lowest BCUT2D eigenvalue weighted by molar-refractivity contribution is -0.118. The highest BCUT2D eigenvalue weighted by atomic mass is 19.1. The van der Waals surface area contributed by atoms with Crippen molar-refractivity contribution >= 4 is 11.6 Å². The van der Waals surface area contributed by atoms with Crippen LogP contribution >= 0.6 is 0 Å². The van der Waals surface area contributed by atoms with E-state index in [2.05, 4.69) is 43.7 Å². The Morgan fingerprint density at radius 3 is 2.86 bits per heavy atom. The monoisotopic (exact) mass is 500 g/mol. The number of aromatic nitrogens is 4. The van der Waals surface area contributed by atoms with E-state index in [1.807, 2.05) is 16.7 Å². The van der Waals surface area contributed by atoms with E-state index in [4.69, 9.17) is 4.74 Å². The fraction of sp³-hybridized carbons (Fsp3) is 0.231. The molecule has 3 N–H and O–H groups in total. The number of nitrogens with zero attached hydrogens (tertiary/aromatic N) is 5. The lowest BCUT2D eigenvalue weighted by atomic mass is 10.00. The van der Waals surface area contributed by atoms with Gasteiger partial charge in [-0.05, 0) is 48.1 Å². The molecule has 1 fully saturated rings. The number of methoxy groups -OCH3 is 1. The molecule has 4 aromatic rings. The molecule has 1 aromatic carbocycles. The number of nitrogens with one attached hydrogen (secondary N) is 3. The summed E-state index contributed by atoms with van der Waals surface area (Å²) in [6.07, 6.45) is 11.4. The topological polar surface area (TPSA) is 109 Å². The summed E-state index contributed by atoms with van der Waals surface area (Å²) in [5.41, 5.74) is 10.8. The summed E-state index contributed by atoms with van der Waals surface area (Å²) in [7, 11) is 1.40. The number of hydrogen-bond donors (Lipinski definition) is 3. The molecule has 37 heavy (non-hydrogen) atoms. The van der Waals surface area contributed by atoms with Crippen molar-refractivity contribution in [2.45, 2.75) is 31.8 Å². The van der Waals surface area contributed by atoms with Crippen LogP contribution in [0.15, 0.2) is 67.0 Å². The van der Waals surface area contributed by atoms with Crippen LogP contribution in [-0.2, 0) is 17.9 Å². The van der Waals surface area contributed by atoms with Gasteiger partial charge in [-0.2, -0.15) is 10.2 Å². The lowest BCUT2D eigenvalue weighted by Gasteiger charge is -2.14. The first-order valence-corrected chi connectivity index (χ1v) is 12.0. The van der Waals surface area contributed by atoms with Crippen molar-refractivity contribution in [1.29, 1.82) is 0 Å². The molecule has 0 saturated heterocycles. The molecule has 0 radical (unpaired) electrons. The average Bonchev–Trinajstić information content (AvgIpc) is 3.54. The molecule has 1 amide bonds. The minimum absolute atomic E-state index is 0.0473. The van der Waals surface area contributed by atoms with Gasteiger partial charge >= 0.3 is 0 Å². The van der Waals surface area contributed by atoms with E-state index in [9.17, 15) is 4.79 Å². The van der Waals surface area contributed by atoms with E-state index in [1.165, 1.54) is 31.7 Å². The number of carbonyl (C=O) groups is 1. The largest absolute Gasteiger partial charge is 0.494 e. The predicted molar refractivity (Wildman–Crippen MR) is 133 cm³/mol. The van der Waals surface area contributed by atoms with Crippen LogP contribution in [0.4, 0.5) is 4.39 Å². The van der Waals surface area contributed by atoms with Gasteiger partial charge in [-0.3, -0.25) is 15.2 Å². The number of halogens is 1. The molecule has 3 aromatic heterocycles. The van der Waals surface area contributed by atoms with Gasteiger partial charge in [0, 0.05) is 36.3 Å². The molecule has 1 saturated carbocycles. The van der Waals surface area contributed by atoms with Gasteiger partial charge in [0.1, 0.15) is 11.3 Å². The minimum Gasteiger partial charge on any atom is -0.494 e. The number of hydrogen-bond acceptors (Lipinski definition) is 8. The standard InChI is InChI=1S/C26H25FN8O2/c1-37-23-6-5-20(17-8-9-29-30-10-17)21(25(23)27)11-28-26(36)22-15-35(33-32-22)14-19-13-34-12-18(16-2-3-16)4-7-24(34)31-19/h4-10,12-13,15-16,32-33H,2-3,11,14H2,1H3,(H,28,36). The zero-order valence-corrected chi connectivity index (χ0v) is 20.1. The summed E-state index contributed by atoms with van der Waals surface area (Å²) in [6, 6.07) is 9.19. The molecular weight excluding hydrogens is 475 g/mol. The van der Waals surface area contributed by atoms with Crippen LogP contribution < -0.4 is 21.0 Å². The fourth-order valence-electron chi connectivity index (χ4n) is 4.44. The van der Waals surface area contributed by atoms with Gasteiger partial charge in [-0.15, -0.1) is 5.53 Å². The lowest BCUT2D eigenvalue weighted by Crippen LogP contribution is -2.38. The second-order valence-corrected chi connectivity index (χ2v) is 9.06. The number of pyridine rings is 1. The number of rotatable bonds is 8. The van der Waals surface area contributed by atoms with E-state index in [1.54, 1.807) is 35.6 Å². The van der Waals surface area contributed by atoms with Crippen molar-refractivity contribution in [3.05, 3.63) is 89.7 Å². The van der Waals surface area contributed by atoms with Crippen LogP contribution in [0.5, 0.6) is 5.75 Å². The van der Waals surface area contributed by atoms with E-state index >= 15 is 4.39 Å². The SMILES string of the molecule is COc1ccc(-c2ccnnc2)c(CNC(=O)C2=CN(Cc3cn4cc(C5CC5)ccc4n3)NN2)c1F. The molecule has 1 aliphatic heterocycles. The Morgan fingerprint density at radius 2 is 2.08 bits per heavy atom. The van der Waals surface area contributed by atoms with Gasteiger partial charge in [-0.25, -0.2) is 9.37 Å². The molecule has 0 atom stereocenters. The summed E-state index contributed by atoms with van der Waals surface area (Å²) < 4.78 is 22.3. The zero-order chi connectivity index (χ0) is 25.4. The first-order valence-electron chi connectivity index (χ1n) is 12.0. The Balaban J connectivity index is 1.14. The summed E-state index contributed by atoms with van der Waals surface area (Å²) in [5, 5.41) is 12.2. The Hall–Kier alpha value is -4.51. The molecule has 188 valence electrons. The second kappa shape index (κ2) is 9.51. The first-order chi connectivity index (χ1) is 18.1. The van der Waals surface area contributed by atoms with Crippen molar-refractivity contribution in [1.82, 2.24) is 40.9 Å². The Kier molecular flexibility index (Phi) is 5.89. The molecule has 2 aliphatic rings. The molecule has 0 bridgehead atoms. The van der Waals surface area contributed by atoms with Crippen molar-refractivity contribution in [3.63, 3.8) is 0 Å². The number of fused-ring (bicyclic) bond motifs is 1. The predicted octanol–water partition coefficient (Wildman–Crippen LogP) is 2.80. The van der Waals surface area contributed by atoms with Crippen LogP contribution in [0.25, 0.3) is 16.8 Å². The Labute approximate surface area is 212 Å².